The van der Waals surface area contributed by atoms with Gasteiger partial charge in [-0.3, -0.25) is 0 Å². The van der Waals surface area contributed by atoms with Crippen LogP contribution in [0.5, 0.6) is 5.75 Å². The van der Waals surface area contributed by atoms with E-state index in [2.05, 4.69) is 6.07 Å². The predicted molar refractivity (Wildman–Crippen MR) is 107 cm³/mol. The van der Waals surface area contributed by atoms with Gasteiger partial charge in [-0.1, -0.05) is 60.2 Å². The molecule has 0 spiro atoms. The number of hydrogen-bond acceptors (Lipinski definition) is 4. The average molecular weight is 372 g/mol. The van der Waals surface area contributed by atoms with Gasteiger partial charge in [0.2, 0.25) is 5.76 Å². The van der Waals surface area contributed by atoms with Crippen molar-refractivity contribution in [3.63, 3.8) is 0 Å². The van der Waals surface area contributed by atoms with Crippen molar-refractivity contribution in [3.05, 3.63) is 102 Å². The van der Waals surface area contributed by atoms with Crippen LogP contribution in [0.4, 0.5) is 0 Å². The second-order valence-corrected chi connectivity index (χ2v) is 6.63. The number of aryl methyl sites for hydroxylation is 1. The molecular weight excluding hydrogens is 352 g/mol. The molecular formula is C24H20O4. The highest BCUT2D eigenvalue weighted by Crippen LogP contribution is 2.22. The van der Waals surface area contributed by atoms with Gasteiger partial charge >= 0.3 is 5.97 Å². The minimum Gasteiger partial charge on any atom is -0.486 e. The minimum atomic E-state index is -0.488. The van der Waals surface area contributed by atoms with Gasteiger partial charge in [-0.25, -0.2) is 4.79 Å². The lowest BCUT2D eigenvalue weighted by molar-refractivity contribution is 0.0432. The number of benzene rings is 3. The highest BCUT2D eigenvalue weighted by Gasteiger charge is 2.13. The fourth-order valence-corrected chi connectivity index (χ4v) is 2.88. The summed E-state index contributed by atoms with van der Waals surface area (Å²) in [5, 5.41) is 2.27. The maximum atomic E-state index is 12.2. The lowest BCUT2D eigenvalue weighted by Gasteiger charge is -2.06. The Hall–Kier alpha value is -3.53. The number of rotatable bonds is 6. The normalized spacial score (nSPS) is 10.8. The molecule has 0 aliphatic carbocycles. The summed E-state index contributed by atoms with van der Waals surface area (Å²) in [6, 6.07) is 25.2. The van der Waals surface area contributed by atoms with Crippen molar-refractivity contribution in [2.24, 2.45) is 0 Å². The molecule has 0 unspecified atom stereocenters. The summed E-state index contributed by atoms with van der Waals surface area (Å²) < 4.78 is 16.7. The maximum Gasteiger partial charge on any atom is 0.374 e. The summed E-state index contributed by atoms with van der Waals surface area (Å²) in [5.41, 5.74) is 2.10. The summed E-state index contributed by atoms with van der Waals surface area (Å²) in [6.07, 6.45) is 0. The van der Waals surface area contributed by atoms with Crippen LogP contribution in [0, 0.1) is 6.92 Å². The molecule has 0 bridgehead atoms. The molecule has 4 aromatic rings. The molecule has 0 aliphatic rings. The van der Waals surface area contributed by atoms with Crippen LogP contribution in [0.25, 0.3) is 10.8 Å². The molecule has 4 heteroatoms. The molecule has 0 amide bonds. The molecule has 0 saturated heterocycles. The lowest BCUT2D eigenvalue weighted by Crippen LogP contribution is -2.04. The summed E-state index contributed by atoms with van der Waals surface area (Å²) in [7, 11) is 0. The maximum absolute atomic E-state index is 12.2. The van der Waals surface area contributed by atoms with Crippen LogP contribution in [0.15, 0.2) is 83.3 Å². The van der Waals surface area contributed by atoms with Crippen LogP contribution in [0.1, 0.15) is 27.4 Å². The number of carbonyl (C=O) groups excluding carboxylic acids is 1. The number of esters is 1. The highest BCUT2D eigenvalue weighted by atomic mass is 16.5. The minimum absolute atomic E-state index is 0.171. The zero-order chi connectivity index (χ0) is 19.3. The highest BCUT2D eigenvalue weighted by molar-refractivity contribution is 5.86. The summed E-state index contributed by atoms with van der Waals surface area (Å²) >= 11 is 0. The van der Waals surface area contributed by atoms with E-state index in [1.807, 2.05) is 67.6 Å². The fraction of sp³-hybridized carbons (Fsp3) is 0.125. The Morgan fingerprint density at radius 3 is 2.46 bits per heavy atom. The average Bonchev–Trinajstić information content (AvgIpc) is 3.21. The standard InChI is InChI=1S/C24H20O4/c1-17-6-8-18(9-7-17)15-27-24(25)23-13-12-22(28-23)16-26-21-11-10-19-4-2-3-5-20(19)14-21/h2-14H,15-16H2,1H3. The van der Waals surface area contributed by atoms with Crippen molar-refractivity contribution in [1.82, 2.24) is 0 Å². The number of ether oxygens (including phenoxy) is 2. The van der Waals surface area contributed by atoms with Gasteiger partial charge in [0.15, 0.2) is 0 Å². The predicted octanol–water partition coefficient (Wildman–Crippen LogP) is 5.68. The van der Waals surface area contributed by atoms with Crippen molar-refractivity contribution >= 4 is 16.7 Å². The number of furan rings is 1. The van der Waals surface area contributed by atoms with Gasteiger partial charge in [0, 0.05) is 0 Å². The quantitative estimate of drug-likeness (QED) is 0.409. The topological polar surface area (TPSA) is 48.7 Å². The third kappa shape index (κ3) is 4.23. The molecule has 0 radical (unpaired) electrons. The molecule has 0 aliphatic heterocycles. The largest absolute Gasteiger partial charge is 0.486 e. The number of hydrogen-bond donors (Lipinski definition) is 0. The summed E-state index contributed by atoms with van der Waals surface area (Å²) in [6.45, 7) is 2.46. The first-order valence-electron chi connectivity index (χ1n) is 9.10. The molecule has 1 aromatic heterocycles. The van der Waals surface area contributed by atoms with Gasteiger partial charge in [0.25, 0.3) is 0 Å². The molecule has 4 nitrogen and oxygen atoms in total. The van der Waals surface area contributed by atoms with E-state index in [0.717, 1.165) is 27.6 Å². The van der Waals surface area contributed by atoms with E-state index < -0.39 is 5.97 Å². The Kier molecular flexibility index (Phi) is 5.11. The van der Waals surface area contributed by atoms with Gasteiger partial charge in [0.05, 0.1) is 0 Å². The third-order valence-corrected chi connectivity index (χ3v) is 4.46. The van der Waals surface area contributed by atoms with E-state index in [1.165, 1.54) is 0 Å². The van der Waals surface area contributed by atoms with Gasteiger partial charge in [-0.2, -0.15) is 0 Å². The van der Waals surface area contributed by atoms with E-state index in [-0.39, 0.29) is 19.0 Å². The van der Waals surface area contributed by atoms with Crippen LogP contribution < -0.4 is 4.74 Å². The zero-order valence-electron chi connectivity index (χ0n) is 15.6. The van der Waals surface area contributed by atoms with E-state index >= 15 is 0 Å². The van der Waals surface area contributed by atoms with E-state index in [1.54, 1.807) is 12.1 Å². The van der Waals surface area contributed by atoms with Crippen molar-refractivity contribution in [3.8, 4) is 5.75 Å². The first-order valence-corrected chi connectivity index (χ1v) is 9.10. The van der Waals surface area contributed by atoms with E-state index in [9.17, 15) is 4.79 Å². The first-order chi connectivity index (χ1) is 13.7. The smallest absolute Gasteiger partial charge is 0.374 e. The Balaban J connectivity index is 1.34. The summed E-state index contributed by atoms with van der Waals surface area (Å²) in [4.78, 5) is 12.2. The Morgan fingerprint density at radius 1 is 0.857 bits per heavy atom. The van der Waals surface area contributed by atoms with Gasteiger partial charge in [-0.15, -0.1) is 0 Å². The molecule has 0 N–H and O–H groups in total. The summed E-state index contributed by atoms with van der Waals surface area (Å²) in [5.74, 6) is 0.996. The van der Waals surface area contributed by atoms with Crippen molar-refractivity contribution < 1.29 is 18.7 Å². The Bertz CT molecular complexity index is 1090. The van der Waals surface area contributed by atoms with Gasteiger partial charge < -0.3 is 13.9 Å². The lowest BCUT2D eigenvalue weighted by atomic mass is 10.1. The monoisotopic (exact) mass is 372 g/mol. The molecule has 0 fully saturated rings. The fourth-order valence-electron chi connectivity index (χ4n) is 2.88. The van der Waals surface area contributed by atoms with Crippen LogP contribution >= 0.6 is 0 Å². The second-order valence-electron chi connectivity index (χ2n) is 6.63. The number of carbonyl (C=O) groups is 1. The third-order valence-electron chi connectivity index (χ3n) is 4.46. The van der Waals surface area contributed by atoms with Crippen LogP contribution in [0.2, 0.25) is 0 Å². The van der Waals surface area contributed by atoms with E-state index in [0.29, 0.717) is 5.76 Å². The van der Waals surface area contributed by atoms with Crippen LogP contribution in [-0.4, -0.2) is 5.97 Å². The molecule has 0 saturated carbocycles. The van der Waals surface area contributed by atoms with Crippen molar-refractivity contribution in [2.45, 2.75) is 20.1 Å². The molecule has 0 atom stereocenters. The second kappa shape index (κ2) is 8.01. The van der Waals surface area contributed by atoms with Gasteiger partial charge in [-0.05, 0) is 47.5 Å². The van der Waals surface area contributed by atoms with Crippen molar-refractivity contribution in [2.75, 3.05) is 0 Å². The van der Waals surface area contributed by atoms with Crippen LogP contribution in [0.3, 0.4) is 0 Å². The van der Waals surface area contributed by atoms with E-state index in [4.69, 9.17) is 13.9 Å². The van der Waals surface area contributed by atoms with Gasteiger partial charge in [0.1, 0.15) is 24.7 Å². The molecule has 28 heavy (non-hydrogen) atoms. The SMILES string of the molecule is Cc1ccc(COC(=O)c2ccc(COc3ccc4ccccc4c3)o2)cc1. The Morgan fingerprint density at radius 2 is 1.64 bits per heavy atom. The molecule has 140 valence electrons. The molecule has 4 rings (SSSR count). The van der Waals surface area contributed by atoms with Crippen LogP contribution in [-0.2, 0) is 18.0 Å². The number of fused-ring (bicyclic) bond motifs is 1. The Labute approximate surface area is 163 Å². The first kappa shape index (κ1) is 17.9. The zero-order valence-corrected chi connectivity index (χ0v) is 15.6. The molecule has 3 aromatic carbocycles. The van der Waals surface area contributed by atoms with Crippen molar-refractivity contribution in [1.29, 1.82) is 0 Å². The molecule has 1 heterocycles.